The number of hydrogen-bond donors (Lipinski definition) is 1. The minimum absolute atomic E-state index is 0.00434. The van der Waals surface area contributed by atoms with Crippen LogP contribution in [-0.4, -0.2) is 36.2 Å². The number of piperidine rings is 1. The first-order chi connectivity index (χ1) is 14.0. The van der Waals surface area contributed by atoms with Gasteiger partial charge in [-0.25, -0.2) is 4.85 Å². The quantitative estimate of drug-likeness (QED) is 0.648. The van der Waals surface area contributed by atoms with Crippen molar-refractivity contribution in [2.45, 2.75) is 6.42 Å². The molecule has 2 aromatic rings. The predicted octanol–water partition coefficient (Wildman–Crippen LogP) is 2.72. The first kappa shape index (κ1) is 20.0. The first-order valence-corrected chi connectivity index (χ1v) is 9.23. The number of ketones is 1. The summed E-state index contributed by atoms with van der Waals surface area (Å²) in [5.41, 5.74) is 8.92. The summed E-state index contributed by atoms with van der Waals surface area (Å²) >= 11 is 0. The van der Waals surface area contributed by atoms with Crippen molar-refractivity contribution in [2.24, 2.45) is 11.7 Å². The standard InChI is InChI=1S/C23H20N4O2/c1-26-21-8-6-17(7-9-21)11-20-15-27(22(28)13-25)14-19(23(20)29)10-16-2-4-18(12-24)5-3-16/h2-9,11,19H,10,13-15,25H2/b20-11+. The molecular formula is C23H20N4O2. The van der Waals surface area contributed by atoms with Crippen molar-refractivity contribution in [3.8, 4) is 6.07 Å². The molecule has 1 unspecified atom stereocenters. The molecule has 1 saturated heterocycles. The van der Waals surface area contributed by atoms with Gasteiger partial charge in [-0.15, -0.1) is 0 Å². The molecule has 0 saturated carbocycles. The highest BCUT2D eigenvalue weighted by Gasteiger charge is 2.33. The normalized spacial score (nSPS) is 17.6. The van der Waals surface area contributed by atoms with Crippen LogP contribution in [-0.2, 0) is 16.0 Å². The number of likely N-dealkylation sites (tertiary alicyclic amines) is 1. The lowest BCUT2D eigenvalue weighted by molar-refractivity contribution is -0.133. The van der Waals surface area contributed by atoms with Gasteiger partial charge in [-0.1, -0.05) is 36.4 Å². The molecule has 29 heavy (non-hydrogen) atoms. The SMILES string of the molecule is [C-]#[N+]c1ccc(/C=C2\CN(C(=O)CN)CC(Cc3ccc(C#N)cc3)C2=O)cc1. The average molecular weight is 384 g/mol. The van der Waals surface area contributed by atoms with Crippen molar-refractivity contribution in [1.29, 1.82) is 5.26 Å². The van der Waals surface area contributed by atoms with Gasteiger partial charge in [0.2, 0.25) is 5.91 Å². The third-order valence-electron chi connectivity index (χ3n) is 4.94. The third kappa shape index (κ3) is 4.76. The first-order valence-electron chi connectivity index (χ1n) is 9.23. The summed E-state index contributed by atoms with van der Waals surface area (Å²) in [5, 5.41) is 8.94. The molecule has 1 aliphatic rings. The molecule has 0 aromatic heterocycles. The van der Waals surface area contributed by atoms with Crippen LogP contribution in [0.2, 0.25) is 0 Å². The van der Waals surface area contributed by atoms with Crippen LogP contribution in [0.5, 0.6) is 0 Å². The summed E-state index contributed by atoms with van der Waals surface area (Å²) in [5.74, 6) is -0.567. The molecular weight excluding hydrogens is 364 g/mol. The van der Waals surface area contributed by atoms with Crippen LogP contribution in [0.25, 0.3) is 10.9 Å². The molecule has 1 atom stereocenters. The molecule has 1 amide bonds. The van der Waals surface area contributed by atoms with Gasteiger partial charge in [0.1, 0.15) is 0 Å². The van der Waals surface area contributed by atoms with E-state index >= 15 is 0 Å². The number of nitrogens with zero attached hydrogens (tertiary/aromatic N) is 3. The maximum Gasteiger partial charge on any atom is 0.236 e. The van der Waals surface area contributed by atoms with Gasteiger partial charge in [0, 0.05) is 24.6 Å². The maximum absolute atomic E-state index is 13.1. The van der Waals surface area contributed by atoms with Gasteiger partial charge in [-0.2, -0.15) is 5.26 Å². The molecule has 144 valence electrons. The molecule has 0 radical (unpaired) electrons. The highest BCUT2D eigenvalue weighted by Crippen LogP contribution is 2.24. The number of carbonyl (C=O) groups is 2. The molecule has 6 nitrogen and oxygen atoms in total. The van der Waals surface area contributed by atoms with E-state index in [2.05, 4.69) is 10.9 Å². The smallest absolute Gasteiger partial charge is 0.236 e. The summed E-state index contributed by atoms with van der Waals surface area (Å²) in [6, 6.07) is 16.2. The molecule has 0 spiro atoms. The summed E-state index contributed by atoms with van der Waals surface area (Å²) in [6.45, 7) is 7.48. The number of benzene rings is 2. The van der Waals surface area contributed by atoms with Gasteiger partial charge < -0.3 is 10.6 Å². The molecule has 1 heterocycles. The van der Waals surface area contributed by atoms with E-state index in [0.717, 1.165) is 11.1 Å². The molecule has 2 aromatic carbocycles. The van der Waals surface area contributed by atoms with E-state index in [-0.39, 0.29) is 30.7 Å². The zero-order valence-electron chi connectivity index (χ0n) is 15.8. The topological polar surface area (TPSA) is 91.5 Å². The lowest BCUT2D eigenvalue weighted by atomic mass is 9.86. The van der Waals surface area contributed by atoms with Crippen molar-refractivity contribution in [3.05, 3.63) is 82.2 Å². The Morgan fingerprint density at radius 3 is 2.52 bits per heavy atom. The number of nitriles is 1. The van der Waals surface area contributed by atoms with Crippen LogP contribution in [0.15, 0.2) is 54.1 Å². The molecule has 6 heteroatoms. The molecule has 0 bridgehead atoms. The fourth-order valence-electron chi connectivity index (χ4n) is 3.40. The zero-order chi connectivity index (χ0) is 20.8. The van der Waals surface area contributed by atoms with Crippen LogP contribution in [0.3, 0.4) is 0 Å². The Hall–Kier alpha value is -3.74. The van der Waals surface area contributed by atoms with E-state index in [1.165, 1.54) is 0 Å². The van der Waals surface area contributed by atoms with Crippen molar-refractivity contribution in [3.63, 3.8) is 0 Å². The second kappa shape index (κ2) is 8.97. The fourth-order valence-corrected chi connectivity index (χ4v) is 3.40. The van der Waals surface area contributed by atoms with E-state index in [4.69, 9.17) is 17.6 Å². The van der Waals surface area contributed by atoms with Crippen LogP contribution < -0.4 is 5.73 Å². The van der Waals surface area contributed by atoms with E-state index in [0.29, 0.717) is 29.8 Å². The Morgan fingerprint density at radius 2 is 1.93 bits per heavy atom. The number of Topliss-reactive ketones (excluding diaryl/α,β-unsaturated/α-hetero) is 1. The van der Waals surface area contributed by atoms with Gasteiger partial charge >= 0.3 is 0 Å². The highest BCUT2D eigenvalue weighted by atomic mass is 16.2. The van der Waals surface area contributed by atoms with Crippen molar-refractivity contribution < 1.29 is 9.59 Å². The predicted molar refractivity (Wildman–Crippen MR) is 110 cm³/mol. The monoisotopic (exact) mass is 384 g/mol. The zero-order valence-corrected chi connectivity index (χ0v) is 15.8. The second-order valence-electron chi connectivity index (χ2n) is 6.93. The van der Waals surface area contributed by atoms with Crippen LogP contribution in [0.1, 0.15) is 16.7 Å². The Kier molecular flexibility index (Phi) is 6.19. The summed E-state index contributed by atoms with van der Waals surface area (Å²) < 4.78 is 0. The summed E-state index contributed by atoms with van der Waals surface area (Å²) in [7, 11) is 0. The van der Waals surface area contributed by atoms with Crippen LogP contribution in [0.4, 0.5) is 5.69 Å². The Labute approximate surface area is 169 Å². The summed E-state index contributed by atoms with van der Waals surface area (Å²) in [4.78, 5) is 30.3. The van der Waals surface area contributed by atoms with Crippen molar-refractivity contribution in [2.75, 3.05) is 19.6 Å². The number of rotatable bonds is 4. The molecule has 1 fully saturated rings. The number of nitrogens with two attached hydrogens (primary N) is 1. The minimum atomic E-state index is -0.374. The molecule has 2 N–H and O–H groups in total. The van der Waals surface area contributed by atoms with E-state index in [1.54, 1.807) is 47.4 Å². The van der Waals surface area contributed by atoms with Gasteiger partial charge in [0.25, 0.3) is 0 Å². The maximum atomic E-state index is 13.1. The molecule has 0 aliphatic carbocycles. The Balaban J connectivity index is 1.87. The highest BCUT2D eigenvalue weighted by molar-refractivity contribution is 6.03. The summed E-state index contributed by atoms with van der Waals surface area (Å²) in [6.07, 6.45) is 2.25. The second-order valence-corrected chi connectivity index (χ2v) is 6.93. The van der Waals surface area contributed by atoms with Gasteiger partial charge in [0.15, 0.2) is 11.5 Å². The minimum Gasteiger partial charge on any atom is -0.336 e. The van der Waals surface area contributed by atoms with Gasteiger partial charge in [-0.05, 0) is 35.8 Å². The van der Waals surface area contributed by atoms with Gasteiger partial charge in [0.05, 0.1) is 24.7 Å². The third-order valence-corrected chi connectivity index (χ3v) is 4.94. The van der Waals surface area contributed by atoms with Gasteiger partial charge in [-0.3, -0.25) is 9.59 Å². The molecule has 3 rings (SSSR count). The Morgan fingerprint density at radius 1 is 1.24 bits per heavy atom. The number of amides is 1. The van der Waals surface area contributed by atoms with Crippen LogP contribution in [0, 0.1) is 23.8 Å². The molecule has 1 aliphatic heterocycles. The van der Waals surface area contributed by atoms with Crippen LogP contribution >= 0.6 is 0 Å². The fraction of sp³-hybridized carbons (Fsp3) is 0.217. The number of carbonyl (C=O) groups excluding carboxylic acids is 2. The van der Waals surface area contributed by atoms with E-state index in [1.807, 2.05) is 12.1 Å². The lowest BCUT2D eigenvalue weighted by Crippen LogP contribution is -2.48. The van der Waals surface area contributed by atoms with Crippen molar-refractivity contribution in [1.82, 2.24) is 4.90 Å². The average Bonchev–Trinajstić information content (AvgIpc) is 2.76. The van der Waals surface area contributed by atoms with Crippen molar-refractivity contribution >= 4 is 23.5 Å². The Bertz CT molecular complexity index is 1020. The number of hydrogen-bond acceptors (Lipinski definition) is 4. The van der Waals surface area contributed by atoms with E-state index < -0.39 is 0 Å². The largest absolute Gasteiger partial charge is 0.336 e. The lowest BCUT2D eigenvalue weighted by Gasteiger charge is -2.33. The van der Waals surface area contributed by atoms with E-state index in [9.17, 15) is 9.59 Å².